The van der Waals surface area contributed by atoms with Gasteiger partial charge in [0, 0.05) is 16.5 Å². The van der Waals surface area contributed by atoms with Crippen LogP contribution < -0.4 is 5.32 Å². The van der Waals surface area contributed by atoms with Gasteiger partial charge in [-0.1, -0.05) is 18.2 Å². The van der Waals surface area contributed by atoms with E-state index in [0.29, 0.717) is 22.6 Å². The van der Waals surface area contributed by atoms with E-state index in [2.05, 4.69) is 5.32 Å². The summed E-state index contributed by atoms with van der Waals surface area (Å²) in [6.45, 7) is 0. The molecule has 26 heavy (non-hydrogen) atoms. The number of carbonyl (C=O) groups excluding carboxylic acids is 1. The third-order valence-corrected chi connectivity index (χ3v) is 3.98. The lowest BCUT2D eigenvalue weighted by molar-refractivity contribution is 0.102. The summed E-state index contributed by atoms with van der Waals surface area (Å²) in [7, 11) is 0. The SMILES string of the molecule is O=C(Nc1ccc2oc3ccccc3c2c1)c1cc(F)c(F)c(F)c1F. The van der Waals surface area contributed by atoms with Gasteiger partial charge in [-0.2, -0.15) is 0 Å². The molecule has 0 aliphatic carbocycles. The van der Waals surface area contributed by atoms with Gasteiger partial charge < -0.3 is 9.73 Å². The molecule has 130 valence electrons. The number of anilines is 1. The first-order chi connectivity index (χ1) is 12.5. The fourth-order valence-corrected chi connectivity index (χ4v) is 2.74. The molecule has 0 saturated carbocycles. The largest absolute Gasteiger partial charge is 0.456 e. The molecule has 1 heterocycles. The van der Waals surface area contributed by atoms with Crippen LogP contribution in [-0.4, -0.2) is 5.91 Å². The molecule has 0 atom stereocenters. The summed E-state index contributed by atoms with van der Waals surface area (Å²) in [4.78, 5) is 12.2. The third kappa shape index (κ3) is 2.48. The van der Waals surface area contributed by atoms with Gasteiger partial charge in [0.25, 0.3) is 5.91 Å². The lowest BCUT2D eigenvalue weighted by atomic mass is 10.1. The van der Waals surface area contributed by atoms with Gasteiger partial charge in [0.1, 0.15) is 11.2 Å². The molecule has 0 bridgehead atoms. The summed E-state index contributed by atoms with van der Waals surface area (Å²) < 4.78 is 59.0. The summed E-state index contributed by atoms with van der Waals surface area (Å²) in [5, 5.41) is 3.86. The van der Waals surface area contributed by atoms with Crippen molar-refractivity contribution in [1.29, 1.82) is 0 Å². The summed E-state index contributed by atoms with van der Waals surface area (Å²) in [5.41, 5.74) is 0.561. The first kappa shape index (κ1) is 16.1. The molecule has 0 aliphatic rings. The second-order valence-corrected chi connectivity index (χ2v) is 5.61. The average Bonchev–Trinajstić information content (AvgIpc) is 3.01. The van der Waals surface area contributed by atoms with Crippen molar-refractivity contribution in [3.63, 3.8) is 0 Å². The van der Waals surface area contributed by atoms with Crippen molar-refractivity contribution in [1.82, 2.24) is 0 Å². The molecular weight excluding hydrogens is 350 g/mol. The summed E-state index contributed by atoms with van der Waals surface area (Å²) >= 11 is 0. The topological polar surface area (TPSA) is 42.2 Å². The normalized spacial score (nSPS) is 11.2. The van der Waals surface area contributed by atoms with Gasteiger partial charge in [-0.05, 0) is 30.3 Å². The Bertz CT molecular complexity index is 1180. The molecule has 7 heteroatoms. The van der Waals surface area contributed by atoms with Crippen molar-refractivity contribution in [3.05, 3.63) is 77.4 Å². The minimum Gasteiger partial charge on any atom is -0.456 e. The highest BCUT2D eigenvalue weighted by Gasteiger charge is 2.23. The van der Waals surface area contributed by atoms with Gasteiger partial charge in [-0.15, -0.1) is 0 Å². The predicted molar refractivity (Wildman–Crippen MR) is 87.9 cm³/mol. The fourth-order valence-electron chi connectivity index (χ4n) is 2.74. The molecule has 1 N–H and O–H groups in total. The van der Waals surface area contributed by atoms with Gasteiger partial charge in [0.15, 0.2) is 23.3 Å². The maximum atomic E-state index is 13.7. The maximum Gasteiger partial charge on any atom is 0.258 e. The van der Waals surface area contributed by atoms with Gasteiger partial charge in [0.2, 0.25) is 0 Å². The molecule has 4 aromatic rings. The molecule has 0 saturated heterocycles. The highest BCUT2D eigenvalue weighted by Crippen LogP contribution is 2.30. The number of amides is 1. The smallest absolute Gasteiger partial charge is 0.258 e. The molecule has 0 spiro atoms. The van der Waals surface area contributed by atoms with Crippen molar-refractivity contribution >= 4 is 33.5 Å². The van der Waals surface area contributed by atoms with Crippen molar-refractivity contribution in [2.24, 2.45) is 0 Å². The predicted octanol–water partition coefficient (Wildman–Crippen LogP) is 5.39. The van der Waals surface area contributed by atoms with Crippen molar-refractivity contribution in [3.8, 4) is 0 Å². The average molecular weight is 359 g/mol. The molecule has 0 unspecified atom stereocenters. The van der Waals surface area contributed by atoms with Crippen LogP contribution in [0.15, 0.2) is 52.9 Å². The Hall–Kier alpha value is -3.35. The third-order valence-electron chi connectivity index (χ3n) is 3.98. The van der Waals surface area contributed by atoms with E-state index in [4.69, 9.17) is 4.42 Å². The summed E-state index contributed by atoms with van der Waals surface area (Å²) in [6.07, 6.45) is 0. The van der Waals surface area contributed by atoms with Crippen LogP contribution in [0.1, 0.15) is 10.4 Å². The molecule has 0 radical (unpaired) electrons. The van der Waals surface area contributed by atoms with Crippen molar-refractivity contribution < 1.29 is 26.8 Å². The number of benzene rings is 3. The Kier molecular flexibility index (Phi) is 3.64. The van der Waals surface area contributed by atoms with E-state index in [-0.39, 0.29) is 5.69 Å². The van der Waals surface area contributed by atoms with Crippen LogP contribution in [0, 0.1) is 23.3 Å². The van der Waals surface area contributed by atoms with E-state index in [1.807, 2.05) is 18.2 Å². The number of hydrogen-bond acceptors (Lipinski definition) is 2. The second-order valence-electron chi connectivity index (χ2n) is 5.61. The molecule has 1 amide bonds. The Morgan fingerprint density at radius 3 is 2.35 bits per heavy atom. The number of nitrogens with one attached hydrogen (secondary N) is 1. The van der Waals surface area contributed by atoms with Crippen LogP contribution in [0.2, 0.25) is 0 Å². The minimum absolute atomic E-state index is 0.263. The number of rotatable bonds is 2. The Morgan fingerprint density at radius 2 is 1.54 bits per heavy atom. The molecular formula is C19H9F4NO2. The molecule has 4 rings (SSSR count). The maximum absolute atomic E-state index is 13.7. The quantitative estimate of drug-likeness (QED) is 0.296. The standard InChI is InChI=1S/C19H9F4NO2/c20-13-8-12(16(21)18(23)17(13)22)19(25)24-9-5-6-15-11(7-9)10-3-1-2-4-14(10)26-15/h1-8H,(H,24,25). The van der Waals surface area contributed by atoms with E-state index in [1.165, 1.54) is 6.07 Å². The highest BCUT2D eigenvalue weighted by atomic mass is 19.2. The van der Waals surface area contributed by atoms with E-state index in [0.717, 1.165) is 5.39 Å². The van der Waals surface area contributed by atoms with Crippen molar-refractivity contribution in [2.45, 2.75) is 0 Å². The van der Waals surface area contributed by atoms with Crippen LogP contribution in [-0.2, 0) is 0 Å². The van der Waals surface area contributed by atoms with E-state index in [1.54, 1.807) is 18.2 Å². The number of carbonyl (C=O) groups is 1. The number of para-hydroxylation sites is 1. The van der Waals surface area contributed by atoms with E-state index >= 15 is 0 Å². The summed E-state index contributed by atoms with van der Waals surface area (Å²) in [6, 6.07) is 12.3. The fraction of sp³-hybridized carbons (Fsp3) is 0. The monoisotopic (exact) mass is 359 g/mol. The minimum atomic E-state index is -2.04. The lowest BCUT2D eigenvalue weighted by Crippen LogP contribution is -2.16. The van der Waals surface area contributed by atoms with Crippen LogP contribution in [0.3, 0.4) is 0 Å². The van der Waals surface area contributed by atoms with Crippen LogP contribution in [0.5, 0.6) is 0 Å². The van der Waals surface area contributed by atoms with Gasteiger partial charge in [-0.25, -0.2) is 17.6 Å². The van der Waals surface area contributed by atoms with E-state index < -0.39 is 34.7 Å². The first-order valence-corrected chi connectivity index (χ1v) is 7.51. The molecule has 0 fully saturated rings. The van der Waals surface area contributed by atoms with Gasteiger partial charge in [-0.3, -0.25) is 4.79 Å². The van der Waals surface area contributed by atoms with E-state index in [9.17, 15) is 22.4 Å². The van der Waals surface area contributed by atoms with Crippen LogP contribution >= 0.6 is 0 Å². The molecule has 1 aromatic heterocycles. The number of halogens is 4. The first-order valence-electron chi connectivity index (χ1n) is 7.51. The molecule has 0 aliphatic heterocycles. The zero-order valence-corrected chi connectivity index (χ0v) is 12.9. The Balaban J connectivity index is 1.73. The number of fused-ring (bicyclic) bond motifs is 3. The van der Waals surface area contributed by atoms with Crippen molar-refractivity contribution in [2.75, 3.05) is 5.32 Å². The molecule has 3 nitrogen and oxygen atoms in total. The van der Waals surface area contributed by atoms with Gasteiger partial charge in [0.05, 0.1) is 5.56 Å². The van der Waals surface area contributed by atoms with Crippen LogP contribution in [0.4, 0.5) is 23.2 Å². The molecule has 3 aromatic carbocycles. The second kappa shape index (κ2) is 5.87. The summed E-state index contributed by atoms with van der Waals surface area (Å²) in [5.74, 6) is -8.51. The number of hydrogen-bond donors (Lipinski definition) is 1. The highest BCUT2D eigenvalue weighted by molar-refractivity contribution is 6.09. The lowest BCUT2D eigenvalue weighted by Gasteiger charge is -2.08. The van der Waals surface area contributed by atoms with Crippen LogP contribution in [0.25, 0.3) is 21.9 Å². The van der Waals surface area contributed by atoms with Gasteiger partial charge >= 0.3 is 0 Å². The Labute approximate surface area is 143 Å². The number of furan rings is 1. The zero-order valence-electron chi connectivity index (χ0n) is 12.9. The Morgan fingerprint density at radius 1 is 0.808 bits per heavy atom. The zero-order chi connectivity index (χ0) is 18.4.